The Kier molecular flexibility index (Phi) is 3.37. The molecule has 0 bridgehead atoms. The lowest BCUT2D eigenvalue weighted by Gasteiger charge is -2.05. The number of aromatic nitrogens is 2. The second-order valence-electron chi connectivity index (χ2n) is 3.00. The fourth-order valence-electron chi connectivity index (χ4n) is 1.17. The number of nitrogens with one attached hydrogen (secondary N) is 2. The van der Waals surface area contributed by atoms with Crippen LogP contribution >= 0.6 is 46.1 Å². The molecule has 0 aliphatic carbocycles. The lowest BCUT2D eigenvalue weighted by Crippen LogP contribution is -1.92. The lowest BCUT2D eigenvalue weighted by atomic mass is 10.2. The van der Waals surface area contributed by atoms with E-state index in [1.165, 1.54) is 20.5 Å². The molecular weight excluding hydrogens is 341 g/mol. The lowest BCUT2D eigenvalue weighted by molar-refractivity contribution is 1.08. The van der Waals surface area contributed by atoms with E-state index in [4.69, 9.17) is 12.2 Å². The maximum atomic E-state index is 4.96. The second kappa shape index (κ2) is 4.58. The average molecular weight is 349 g/mol. The Bertz CT molecular complexity index is 532. The summed E-state index contributed by atoms with van der Waals surface area (Å²) in [6, 6.07) is 6.22. The van der Waals surface area contributed by atoms with Gasteiger partial charge in [0, 0.05) is 9.26 Å². The molecule has 0 radical (unpaired) electrons. The van der Waals surface area contributed by atoms with E-state index in [1.807, 2.05) is 6.07 Å². The van der Waals surface area contributed by atoms with Crippen molar-refractivity contribution in [1.82, 2.24) is 10.2 Å². The number of H-pyrrole nitrogens is 1. The van der Waals surface area contributed by atoms with E-state index in [2.05, 4.69) is 57.2 Å². The van der Waals surface area contributed by atoms with Gasteiger partial charge in [-0.1, -0.05) is 11.3 Å². The van der Waals surface area contributed by atoms with Crippen molar-refractivity contribution in [3.05, 3.63) is 31.3 Å². The van der Waals surface area contributed by atoms with Gasteiger partial charge in [-0.2, -0.15) is 0 Å². The second-order valence-corrected chi connectivity index (χ2v) is 5.91. The van der Waals surface area contributed by atoms with Gasteiger partial charge in [0.2, 0.25) is 5.13 Å². The Morgan fingerprint density at radius 1 is 1.53 bits per heavy atom. The fourth-order valence-corrected chi connectivity index (χ4v) is 2.61. The minimum atomic E-state index is 0.681. The van der Waals surface area contributed by atoms with Gasteiger partial charge in [0.05, 0.1) is 0 Å². The van der Waals surface area contributed by atoms with Crippen LogP contribution in [-0.2, 0) is 0 Å². The van der Waals surface area contributed by atoms with Gasteiger partial charge in [0.1, 0.15) is 0 Å². The van der Waals surface area contributed by atoms with Gasteiger partial charge in [-0.15, -0.1) is 5.10 Å². The Labute approximate surface area is 110 Å². The number of nitrogens with zero attached hydrogens (tertiary/aromatic N) is 1. The summed E-state index contributed by atoms with van der Waals surface area (Å²) in [5.74, 6) is 0. The van der Waals surface area contributed by atoms with Crippen LogP contribution in [0.1, 0.15) is 5.56 Å². The molecule has 2 N–H and O–H groups in total. The summed E-state index contributed by atoms with van der Waals surface area (Å²) in [6.45, 7) is 2.07. The predicted molar refractivity (Wildman–Crippen MR) is 74.5 cm³/mol. The van der Waals surface area contributed by atoms with Crippen LogP contribution in [-0.4, -0.2) is 10.2 Å². The first-order valence-electron chi connectivity index (χ1n) is 4.24. The van der Waals surface area contributed by atoms with Gasteiger partial charge < -0.3 is 5.32 Å². The van der Waals surface area contributed by atoms with Gasteiger partial charge in [-0.25, -0.2) is 0 Å². The van der Waals surface area contributed by atoms with E-state index in [0.29, 0.717) is 3.95 Å². The molecule has 0 fully saturated rings. The van der Waals surface area contributed by atoms with Crippen molar-refractivity contribution >= 4 is 57.0 Å². The number of rotatable bonds is 2. The van der Waals surface area contributed by atoms with Gasteiger partial charge in [-0.05, 0) is 65.5 Å². The molecule has 0 saturated heterocycles. The van der Waals surface area contributed by atoms with E-state index in [9.17, 15) is 0 Å². The van der Waals surface area contributed by atoms with Crippen LogP contribution in [0.2, 0.25) is 0 Å². The van der Waals surface area contributed by atoms with Gasteiger partial charge in [0.15, 0.2) is 3.95 Å². The molecule has 15 heavy (non-hydrogen) atoms. The number of anilines is 2. The summed E-state index contributed by atoms with van der Waals surface area (Å²) in [5, 5.41) is 10.8. The zero-order valence-electron chi connectivity index (χ0n) is 7.87. The number of halogens is 1. The molecule has 0 aliphatic rings. The molecular formula is C9H8IN3S2. The molecule has 6 heteroatoms. The highest BCUT2D eigenvalue weighted by molar-refractivity contribution is 14.1. The molecule has 2 aromatic rings. The van der Waals surface area contributed by atoms with Crippen molar-refractivity contribution in [2.24, 2.45) is 0 Å². The van der Waals surface area contributed by atoms with Crippen LogP contribution in [0.25, 0.3) is 0 Å². The molecule has 0 saturated carbocycles. The maximum absolute atomic E-state index is 4.96. The highest BCUT2D eigenvalue weighted by atomic mass is 127. The Hall–Kier alpha value is -0.470. The molecule has 0 atom stereocenters. The van der Waals surface area contributed by atoms with E-state index in [-0.39, 0.29) is 0 Å². The van der Waals surface area contributed by atoms with Crippen molar-refractivity contribution in [3.8, 4) is 0 Å². The highest BCUT2D eigenvalue weighted by Gasteiger charge is 2.01. The fraction of sp³-hybridized carbons (Fsp3) is 0.111. The molecule has 0 amide bonds. The smallest absolute Gasteiger partial charge is 0.208 e. The Balaban J connectivity index is 2.28. The molecule has 1 aromatic heterocycles. The van der Waals surface area contributed by atoms with Crippen LogP contribution in [0.4, 0.5) is 10.8 Å². The Morgan fingerprint density at radius 3 is 2.93 bits per heavy atom. The standard InChI is InChI=1S/C9H8IN3S2/c1-5-4-6(10)2-3-7(5)11-8-12-13-9(14)15-8/h2-4H,1H3,(H,11,12)(H,13,14). The van der Waals surface area contributed by atoms with E-state index < -0.39 is 0 Å². The van der Waals surface area contributed by atoms with Crippen LogP contribution in [0.3, 0.4) is 0 Å². The van der Waals surface area contributed by atoms with Crippen LogP contribution < -0.4 is 5.32 Å². The number of aryl methyl sites for hydroxylation is 1. The predicted octanol–water partition coefficient (Wildman–Crippen LogP) is 3.86. The third kappa shape index (κ3) is 2.76. The number of hydrogen-bond donors (Lipinski definition) is 2. The highest BCUT2D eigenvalue weighted by Crippen LogP contribution is 2.23. The Morgan fingerprint density at radius 2 is 2.33 bits per heavy atom. The van der Waals surface area contributed by atoms with Crippen molar-refractivity contribution in [2.45, 2.75) is 6.92 Å². The number of aromatic amines is 1. The summed E-state index contributed by atoms with van der Waals surface area (Å²) in [5.41, 5.74) is 2.26. The summed E-state index contributed by atoms with van der Waals surface area (Å²) in [6.07, 6.45) is 0. The van der Waals surface area contributed by atoms with E-state index in [1.54, 1.807) is 0 Å². The number of benzene rings is 1. The van der Waals surface area contributed by atoms with Crippen LogP contribution in [0.15, 0.2) is 18.2 Å². The summed E-state index contributed by atoms with van der Waals surface area (Å²) >= 11 is 8.69. The maximum Gasteiger partial charge on any atom is 0.208 e. The van der Waals surface area contributed by atoms with Gasteiger partial charge in [-0.3, -0.25) is 5.10 Å². The van der Waals surface area contributed by atoms with Crippen molar-refractivity contribution in [3.63, 3.8) is 0 Å². The largest absolute Gasteiger partial charge is 0.330 e. The molecule has 1 aromatic carbocycles. The van der Waals surface area contributed by atoms with Crippen molar-refractivity contribution in [2.75, 3.05) is 5.32 Å². The van der Waals surface area contributed by atoms with Gasteiger partial charge >= 0.3 is 0 Å². The monoisotopic (exact) mass is 349 g/mol. The first kappa shape index (κ1) is 11.0. The molecule has 0 unspecified atom stereocenters. The SMILES string of the molecule is Cc1cc(I)ccc1Nc1n[nH]c(=S)s1. The van der Waals surface area contributed by atoms with Crippen LogP contribution in [0, 0.1) is 14.4 Å². The normalized spacial score (nSPS) is 10.3. The van der Waals surface area contributed by atoms with E-state index >= 15 is 0 Å². The average Bonchev–Trinajstić information content (AvgIpc) is 2.56. The minimum absolute atomic E-state index is 0.681. The van der Waals surface area contributed by atoms with Gasteiger partial charge in [0.25, 0.3) is 0 Å². The zero-order valence-corrected chi connectivity index (χ0v) is 11.7. The van der Waals surface area contributed by atoms with E-state index in [0.717, 1.165) is 10.8 Å². The topological polar surface area (TPSA) is 40.7 Å². The molecule has 1 heterocycles. The molecule has 0 aliphatic heterocycles. The quantitative estimate of drug-likeness (QED) is 0.639. The molecule has 2 rings (SSSR count). The molecule has 0 spiro atoms. The third-order valence-electron chi connectivity index (χ3n) is 1.87. The summed E-state index contributed by atoms with van der Waals surface area (Å²) < 4.78 is 1.91. The summed E-state index contributed by atoms with van der Waals surface area (Å²) in [4.78, 5) is 0. The van der Waals surface area contributed by atoms with Crippen molar-refractivity contribution < 1.29 is 0 Å². The molecule has 3 nitrogen and oxygen atoms in total. The third-order valence-corrected chi connectivity index (χ3v) is 3.54. The summed E-state index contributed by atoms with van der Waals surface area (Å²) in [7, 11) is 0. The first-order valence-corrected chi connectivity index (χ1v) is 6.54. The van der Waals surface area contributed by atoms with Crippen LogP contribution in [0.5, 0.6) is 0 Å². The zero-order chi connectivity index (χ0) is 10.8. The first-order chi connectivity index (χ1) is 7.15. The minimum Gasteiger partial charge on any atom is -0.330 e. The van der Waals surface area contributed by atoms with Crippen molar-refractivity contribution in [1.29, 1.82) is 0 Å². The molecule has 78 valence electrons. The number of hydrogen-bond acceptors (Lipinski definition) is 4.